The molecule has 2 saturated carbocycles. The quantitative estimate of drug-likeness (QED) is 0.233. The van der Waals surface area contributed by atoms with Crippen molar-refractivity contribution in [2.24, 2.45) is 20.8 Å². The van der Waals surface area contributed by atoms with Gasteiger partial charge in [-0.15, -0.1) is 0 Å². The van der Waals surface area contributed by atoms with Crippen molar-refractivity contribution in [3.05, 3.63) is 22.7 Å². The molecule has 0 heterocycles. The van der Waals surface area contributed by atoms with Gasteiger partial charge in [-0.25, -0.2) is 0 Å². The van der Waals surface area contributed by atoms with Crippen LogP contribution in [0.5, 0.6) is 0 Å². The number of nitrogens with zero attached hydrogens (tertiary/aromatic N) is 2. The average molecular weight is 501 g/mol. The number of aliphatic hydroxyl groups is 2. The molecule has 0 atom stereocenters. The van der Waals surface area contributed by atoms with Gasteiger partial charge in [-0.2, -0.15) is 0 Å². The molecule has 6 nitrogen and oxygen atoms in total. The van der Waals surface area contributed by atoms with Gasteiger partial charge >= 0.3 is 0 Å². The topological polar surface area (TPSA) is 99.3 Å². The van der Waals surface area contributed by atoms with Gasteiger partial charge < -0.3 is 10.2 Å². The van der Waals surface area contributed by atoms with Crippen molar-refractivity contribution in [1.29, 1.82) is 0 Å². The van der Waals surface area contributed by atoms with Crippen molar-refractivity contribution >= 4 is 23.0 Å². The van der Waals surface area contributed by atoms with Gasteiger partial charge in [-0.1, -0.05) is 27.7 Å². The summed E-state index contributed by atoms with van der Waals surface area (Å²) in [6.07, 6.45) is 3.89. The number of rotatable bonds is 5. The Hall–Kier alpha value is -2.24. The highest BCUT2D eigenvalue weighted by molar-refractivity contribution is 6.25. The van der Waals surface area contributed by atoms with E-state index in [4.69, 9.17) is 9.98 Å². The van der Waals surface area contributed by atoms with Gasteiger partial charge in [0, 0.05) is 25.7 Å². The normalized spacial score (nSPS) is 25.9. The van der Waals surface area contributed by atoms with Crippen LogP contribution >= 0.6 is 0 Å². The molecule has 202 valence electrons. The molecule has 0 aromatic rings. The summed E-state index contributed by atoms with van der Waals surface area (Å²) in [5.74, 6) is 0.0394. The zero-order valence-electron chi connectivity index (χ0n) is 24.3. The van der Waals surface area contributed by atoms with Crippen molar-refractivity contribution in [2.45, 2.75) is 132 Å². The maximum atomic E-state index is 12.9. The van der Waals surface area contributed by atoms with E-state index in [1.165, 1.54) is 0 Å². The minimum atomic E-state index is -0.347. The molecular weight excluding hydrogens is 452 g/mol. The van der Waals surface area contributed by atoms with Gasteiger partial charge in [0.15, 0.2) is 11.6 Å². The molecule has 2 aliphatic rings. The first-order valence-electron chi connectivity index (χ1n) is 13.3. The molecule has 36 heavy (non-hydrogen) atoms. The first kappa shape index (κ1) is 30.0. The third kappa shape index (κ3) is 8.70. The lowest BCUT2D eigenvalue weighted by molar-refractivity contribution is -0.118. The van der Waals surface area contributed by atoms with Crippen molar-refractivity contribution in [1.82, 2.24) is 0 Å². The SMILES string of the molecule is CC1(C)CC(=O)C(=C(O)CCCCC(O)=C2C(=O)CC(C)(C)CC2=NC(C)(C)C)C(=NC(C)(C)C)C1. The molecular formula is C30H48N2O4. The van der Waals surface area contributed by atoms with Crippen LogP contribution in [0.1, 0.15) is 121 Å². The first-order chi connectivity index (χ1) is 16.2. The lowest BCUT2D eigenvalue weighted by Gasteiger charge is -2.33. The Kier molecular flexibility index (Phi) is 8.85. The molecule has 0 spiro atoms. The third-order valence-electron chi connectivity index (χ3n) is 6.30. The number of Topliss-reactive ketones (excluding diaryl/α,β-unsaturated/α-hetero) is 2. The number of ketones is 2. The minimum absolute atomic E-state index is 0.0600. The third-order valence-corrected chi connectivity index (χ3v) is 6.30. The van der Waals surface area contributed by atoms with Gasteiger partial charge in [0.2, 0.25) is 0 Å². The molecule has 2 rings (SSSR count). The van der Waals surface area contributed by atoms with E-state index in [1.807, 2.05) is 41.5 Å². The van der Waals surface area contributed by atoms with Crippen LogP contribution in [0.3, 0.4) is 0 Å². The summed E-state index contributed by atoms with van der Waals surface area (Å²) >= 11 is 0. The fourth-order valence-electron chi connectivity index (χ4n) is 5.07. The van der Waals surface area contributed by atoms with Crippen molar-refractivity contribution in [3.63, 3.8) is 0 Å². The number of unbranched alkanes of at least 4 members (excludes halogenated alkanes) is 1. The summed E-state index contributed by atoms with van der Waals surface area (Å²) in [7, 11) is 0. The highest BCUT2D eigenvalue weighted by Gasteiger charge is 2.38. The van der Waals surface area contributed by atoms with E-state index in [9.17, 15) is 19.8 Å². The van der Waals surface area contributed by atoms with Crippen LogP contribution in [0.15, 0.2) is 32.6 Å². The second kappa shape index (κ2) is 10.6. The maximum Gasteiger partial charge on any atom is 0.168 e. The Bertz CT molecular complexity index is 927. The average Bonchev–Trinajstić information content (AvgIpc) is 2.59. The summed E-state index contributed by atoms with van der Waals surface area (Å²) < 4.78 is 0. The van der Waals surface area contributed by atoms with Gasteiger partial charge in [-0.05, 0) is 78.1 Å². The lowest BCUT2D eigenvalue weighted by atomic mass is 9.72. The Balaban J connectivity index is 2.20. The predicted octanol–water partition coefficient (Wildman–Crippen LogP) is 7.43. The summed E-state index contributed by atoms with van der Waals surface area (Å²) in [6, 6.07) is 0. The zero-order valence-corrected chi connectivity index (χ0v) is 24.3. The molecule has 0 saturated heterocycles. The largest absolute Gasteiger partial charge is 0.511 e. The van der Waals surface area contributed by atoms with E-state index in [1.54, 1.807) is 0 Å². The monoisotopic (exact) mass is 500 g/mol. The van der Waals surface area contributed by atoms with Crippen LogP contribution in [0.25, 0.3) is 0 Å². The molecule has 2 N–H and O–H groups in total. The second-order valence-electron chi connectivity index (χ2n) is 14.2. The lowest BCUT2D eigenvalue weighted by Crippen LogP contribution is -2.34. The van der Waals surface area contributed by atoms with Gasteiger partial charge in [-0.3, -0.25) is 19.6 Å². The minimum Gasteiger partial charge on any atom is -0.511 e. The van der Waals surface area contributed by atoms with Crippen LogP contribution in [0.2, 0.25) is 0 Å². The van der Waals surface area contributed by atoms with Gasteiger partial charge in [0.1, 0.15) is 11.5 Å². The number of carbonyl (C=O) groups is 2. The Labute approximate surface area is 218 Å². The van der Waals surface area contributed by atoms with E-state index in [0.717, 1.165) is 0 Å². The summed E-state index contributed by atoms with van der Waals surface area (Å²) in [6.45, 7) is 20.1. The Morgan fingerprint density at radius 3 is 1.25 bits per heavy atom. The molecule has 0 unspecified atom stereocenters. The van der Waals surface area contributed by atoms with Crippen LogP contribution in [-0.2, 0) is 9.59 Å². The van der Waals surface area contributed by atoms with Crippen molar-refractivity contribution in [2.75, 3.05) is 0 Å². The van der Waals surface area contributed by atoms with E-state index in [-0.39, 0.29) is 45.0 Å². The number of hydrogen-bond donors (Lipinski definition) is 2. The predicted molar refractivity (Wildman–Crippen MR) is 148 cm³/mol. The molecule has 2 fully saturated rings. The number of carbonyl (C=O) groups excluding carboxylic acids is 2. The van der Waals surface area contributed by atoms with E-state index in [2.05, 4.69) is 27.7 Å². The molecule has 0 aliphatic heterocycles. The van der Waals surface area contributed by atoms with Crippen LogP contribution in [0, 0.1) is 10.8 Å². The highest BCUT2D eigenvalue weighted by Crippen LogP contribution is 2.38. The van der Waals surface area contributed by atoms with Gasteiger partial charge in [0.05, 0.1) is 33.6 Å². The highest BCUT2D eigenvalue weighted by atomic mass is 16.3. The standard InChI is InChI=1S/C30H48N2O4/c1-27(2,3)31-19-15-29(7,8)17-23(35)25(19)21(33)13-11-12-14-22(34)26-20(32-28(4,5)6)16-30(9,10)18-24(26)36/h33-34H,11-18H2,1-10H3. The number of aliphatic hydroxyl groups excluding tert-OH is 2. The Morgan fingerprint density at radius 1 is 0.667 bits per heavy atom. The zero-order chi connectivity index (χ0) is 27.7. The van der Waals surface area contributed by atoms with Crippen molar-refractivity contribution < 1.29 is 19.8 Å². The van der Waals surface area contributed by atoms with E-state index in [0.29, 0.717) is 73.9 Å². The molecule has 6 heteroatoms. The number of hydrogen-bond acceptors (Lipinski definition) is 6. The summed E-state index contributed by atoms with van der Waals surface area (Å²) in [5, 5.41) is 21.8. The summed E-state index contributed by atoms with van der Waals surface area (Å²) in [4.78, 5) is 35.4. The molecule has 0 aromatic carbocycles. The van der Waals surface area contributed by atoms with Crippen LogP contribution in [0.4, 0.5) is 0 Å². The van der Waals surface area contributed by atoms with E-state index >= 15 is 0 Å². The summed E-state index contributed by atoms with van der Waals surface area (Å²) in [5.41, 5.74) is 1.05. The molecule has 0 bridgehead atoms. The van der Waals surface area contributed by atoms with Crippen molar-refractivity contribution in [3.8, 4) is 0 Å². The molecule has 2 aliphatic carbocycles. The first-order valence-corrected chi connectivity index (χ1v) is 13.3. The second-order valence-corrected chi connectivity index (χ2v) is 14.2. The Morgan fingerprint density at radius 2 is 0.972 bits per heavy atom. The van der Waals surface area contributed by atoms with E-state index < -0.39 is 0 Å². The smallest absolute Gasteiger partial charge is 0.168 e. The number of aliphatic imine (C=N–C) groups is 2. The number of allylic oxidation sites excluding steroid dienone is 4. The van der Waals surface area contributed by atoms with Crippen LogP contribution < -0.4 is 0 Å². The van der Waals surface area contributed by atoms with Crippen LogP contribution in [-0.4, -0.2) is 44.3 Å². The molecule has 0 aromatic heterocycles. The fourth-order valence-corrected chi connectivity index (χ4v) is 5.07. The van der Waals surface area contributed by atoms with Gasteiger partial charge in [0.25, 0.3) is 0 Å². The molecule has 0 radical (unpaired) electrons. The molecule has 0 amide bonds. The maximum absolute atomic E-state index is 12.9. The fraction of sp³-hybridized carbons (Fsp3) is 0.733.